The molecule has 0 bridgehead atoms. The molecule has 2 rings (SSSR count). The molecular formula is C5H3N4NaO2S. The van der Waals surface area contributed by atoms with Gasteiger partial charge in [-0.25, -0.2) is 9.59 Å². The number of hydrogen-bond acceptors (Lipinski definition) is 4. The Bertz CT molecular complexity index is 541. The first-order chi connectivity index (χ1) is 5.66. The molecule has 0 saturated carbocycles. The number of H-pyrrole nitrogens is 3. The van der Waals surface area contributed by atoms with Gasteiger partial charge in [0.05, 0.1) is 5.52 Å². The fourth-order valence-corrected chi connectivity index (χ4v) is 1.15. The van der Waals surface area contributed by atoms with Crippen LogP contribution >= 0.6 is 0 Å². The minimum Gasteiger partial charge on any atom is -0.760 e. The van der Waals surface area contributed by atoms with Gasteiger partial charge in [0.2, 0.25) is 0 Å². The molecule has 8 heteroatoms. The first-order valence-electron chi connectivity index (χ1n) is 3.06. The van der Waals surface area contributed by atoms with Crippen molar-refractivity contribution < 1.29 is 29.6 Å². The molecule has 2 aromatic rings. The van der Waals surface area contributed by atoms with Crippen LogP contribution in [0, 0.1) is 0 Å². The number of fused-ring (bicyclic) bond motifs is 1. The van der Waals surface area contributed by atoms with Crippen LogP contribution in [0.1, 0.15) is 0 Å². The summed E-state index contributed by atoms with van der Waals surface area (Å²) in [5.74, 6) is 0. The van der Waals surface area contributed by atoms with E-state index in [1.165, 1.54) is 0 Å². The quantitative estimate of drug-likeness (QED) is 0.233. The molecule has 0 fully saturated rings. The van der Waals surface area contributed by atoms with E-state index in [4.69, 9.17) is 12.6 Å². The van der Waals surface area contributed by atoms with Crippen molar-refractivity contribution in [3.63, 3.8) is 0 Å². The largest absolute Gasteiger partial charge is 1.00 e. The summed E-state index contributed by atoms with van der Waals surface area (Å²) in [5, 5.41) is 0.184. The molecule has 0 aliphatic carbocycles. The zero-order valence-corrected chi connectivity index (χ0v) is 9.49. The predicted octanol–water partition coefficient (Wildman–Crippen LogP) is -4.15. The van der Waals surface area contributed by atoms with Crippen molar-refractivity contribution in [1.29, 1.82) is 0 Å². The number of hydrogen-bond donors (Lipinski definition) is 3. The number of nitrogens with zero attached hydrogens (tertiary/aromatic N) is 1. The summed E-state index contributed by atoms with van der Waals surface area (Å²) < 4.78 is 0. The third-order valence-corrected chi connectivity index (χ3v) is 1.67. The minimum absolute atomic E-state index is 0. The Morgan fingerprint density at radius 3 is 2.54 bits per heavy atom. The van der Waals surface area contributed by atoms with Gasteiger partial charge in [0.15, 0.2) is 5.65 Å². The van der Waals surface area contributed by atoms with Gasteiger partial charge in [0.25, 0.3) is 0 Å². The van der Waals surface area contributed by atoms with E-state index in [1.54, 1.807) is 0 Å². The third kappa shape index (κ3) is 1.83. The van der Waals surface area contributed by atoms with Crippen LogP contribution in [0.5, 0.6) is 0 Å². The molecule has 0 unspecified atom stereocenters. The predicted molar refractivity (Wildman–Crippen MR) is 43.0 cm³/mol. The Morgan fingerprint density at radius 2 is 1.85 bits per heavy atom. The van der Waals surface area contributed by atoms with Crippen molar-refractivity contribution in [2.45, 2.75) is 5.03 Å². The normalized spacial score (nSPS) is 9.85. The van der Waals surface area contributed by atoms with E-state index in [0.717, 1.165) is 0 Å². The Kier molecular flexibility index (Phi) is 2.91. The fourth-order valence-electron chi connectivity index (χ4n) is 0.911. The summed E-state index contributed by atoms with van der Waals surface area (Å²) in [7, 11) is 0. The summed E-state index contributed by atoms with van der Waals surface area (Å²) in [6.07, 6.45) is 0. The van der Waals surface area contributed by atoms with Crippen molar-refractivity contribution in [1.82, 2.24) is 19.9 Å². The molecule has 2 aromatic heterocycles. The van der Waals surface area contributed by atoms with E-state index in [2.05, 4.69) is 19.9 Å². The summed E-state index contributed by atoms with van der Waals surface area (Å²) in [4.78, 5) is 32.0. The van der Waals surface area contributed by atoms with E-state index >= 15 is 0 Å². The Labute approximate surface area is 98.9 Å². The third-order valence-electron chi connectivity index (χ3n) is 1.37. The van der Waals surface area contributed by atoms with Gasteiger partial charge in [-0.15, -0.1) is 0 Å². The molecule has 62 valence electrons. The molecule has 0 amide bonds. The molecule has 0 aromatic carbocycles. The maximum Gasteiger partial charge on any atom is 1.00 e. The van der Waals surface area contributed by atoms with Gasteiger partial charge in [-0.05, 0) is 0 Å². The molecule has 0 atom stereocenters. The smallest absolute Gasteiger partial charge is 0.760 e. The first-order valence-corrected chi connectivity index (χ1v) is 3.47. The van der Waals surface area contributed by atoms with Crippen LogP contribution < -0.4 is 40.9 Å². The summed E-state index contributed by atoms with van der Waals surface area (Å²) >= 11 is 4.77. The minimum atomic E-state index is -0.567. The van der Waals surface area contributed by atoms with E-state index in [1.807, 2.05) is 0 Å². The molecule has 2 heterocycles. The maximum atomic E-state index is 10.7. The number of imidazole rings is 1. The van der Waals surface area contributed by atoms with Crippen LogP contribution in [0.2, 0.25) is 0 Å². The average Bonchev–Trinajstić information content (AvgIpc) is 2.29. The molecule has 0 spiro atoms. The molecule has 3 N–H and O–H groups in total. The average molecular weight is 209 g/mol. The second kappa shape index (κ2) is 3.62. The molecule has 0 saturated heterocycles. The topological polar surface area (TPSA) is 94.4 Å². The molecule has 0 aliphatic rings. The maximum absolute atomic E-state index is 10.7. The number of nitrogens with one attached hydrogen (secondary N) is 3. The van der Waals surface area contributed by atoms with E-state index in [0.29, 0.717) is 5.52 Å². The van der Waals surface area contributed by atoms with E-state index in [-0.39, 0.29) is 40.2 Å². The van der Waals surface area contributed by atoms with Gasteiger partial charge in [-0.1, -0.05) is 5.03 Å². The first kappa shape index (κ1) is 10.5. The van der Waals surface area contributed by atoms with E-state index in [9.17, 15) is 9.59 Å². The summed E-state index contributed by atoms with van der Waals surface area (Å²) in [5.41, 5.74) is -0.450. The van der Waals surface area contributed by atoms with Crippen molar-refractivity contribution >= 4 is 23.8 Å². The van der Waals surface area contributed by atoms with Crippen LogP contribution in [-0.2, 0) is 12.6 Å². The SMILES string of the molecule is O=c1nc2[nH][13c](=O)[nH][13c]2[13c]([S-])[nH]1.[Na+]. The molecule has 13 heavy (non-hydrogen) atoms. The Hall–Kier alpha value is -0.630. The van der Waals surface area contributed by atoms with Crippen molar-refractivity contribution in [2.75, 3.05) is 0 Å². The van der Waals surface area contributed by atoms with Crippen LogP contribution in [0.4, 0.5) is 0 Å². The van der Waals surface area contributed by atoms with Crippen molar-refractivity contribution in [3.8, 4) is 0 Å². The number of aromatic nitrogens is 4. The standard InChI is InChI=1S/C5H4N4O2S.Na/c10-4-6-1-2(7-4)8-5(11)9-3(1)12;/h(H4,6,7,8,9,10,11,12);/q;+1/p-1/i1+1,3+1,4+1;. The molecule has 0 radical (unpaired) electrons. The van der Waals surface area contributed by atoms with Crippen molar-refractivity contribution in [2.24, 2.45) is 0 Å². The number of rotatable bonds is 0. The van der Waals surface area contributed by atoms with Crippen molar-refractivity contribution in [3.05, 3.63) is 21.0 Å². The van der Waals surface area contributed by atoms with Gasteiger partial charge >= 0.3 is 40.9 Å². The van der Waals surface area contributed by atoms with Gasteiger partial charge in [-0.3, -0.25) is 4.98 Å². The van der Waals surface area contributed by atoms with Crippen LogP contribution in [0.25, 0.3) is 11.2 Å². The Balaban J connectivity index is 0.000000845. The van der Waals surface area contributed by atoms with Crippen LogP contribution in [0.3, 0.4) is 0 Å². The fraction of sp³-hybridized carbons (Fsp3) is 0. The zero-order chi connectivity index (χ0) is 8.72. The second-order valence-corrected chi connectivity index (χ2v) is 2.58. The molecular weight excluding hydrogens is 206 g/mol. The molecule has 6 nitrogen and oxygen atoms in total. The summed E-state index contributed by atoms with van der Waals surface area (Å²) in [6, 6.07) is 0. The monoisotopic (exact) mass is 209 g/mol. The van der Waals surface area contributed by atoms with Gasteiger partial charge in [0.1, 0.15) is 0 Å². The van der Waals surface area contributed by atoms with Gasteiger partial charge in [-0.2, -0.15) is 4.98 Å². The zero-order valence-electron chi connectivity index (χ0n) is 6.67. The second-order valence-electron chi connectivity index (χ2n) is 2.17. The Morgan fingerprint density at radius 1 is 1.15 bits per heavy atom. The van der Waals surface area contributed by atoms with Gasteiger partial charge in [0, 0.05) is 0 Å². The molecule has 0 aliphatic heterocycles. The number of aromatic amines is 3. The van der Waals surface area contributed by atoms with E-state index < -0.39 is 11.4 Å². The van der Waals surface area contributed by atoms with Crippen LogP contribution in [0.15, 0.2) is 14.6 Å². The summed E-state index contributed by atoms with van der Waals surface area (Å²) in [6.45, 7) is 0. The van der Waals surface area contributed by atoms with Gasteiger partial charge < -0.3 is 22.6 Å². The van der Waals surface area contributed by atoms with Crippen LogP contribution in [-0.4, -0.2) is 19.9 Å².